The number of carbonyl (C=O) groups excluding carboxylic acids is 1. The molecule has 1 saturated carbocycles. The van der Waals surface area contributed by atoms with Gasteiger partial charge in [-0.25, -0.2) is 4.79 Å². The van der Waals surface area contributed by atoms with Gasteiger partial charge in [-0.2, -0.15) is 4.98 Å². The largest absolute Gasteiger partial charge is 0.368 e. The number of nitrogens with one attached hydrogen (secondary N) is 2. The van der Waals surface area contributed by atoms with Gasteiger partial charge in [0.15, 0.2) is 11.6 Å². The highest BCUT2D eigenvalue weighted by molar-refractivity contribution is 5.75. The zero-order chi connectivity index (χ0) is 18.8. The Morgan fingerprint density at radius 2 is 2.08 bits per heavy atom. The van der Waals surface area contributed by atoms with Crippen LogP contribution in [0.25, 0.3) is 0 Å². The maximum absolute atomic E-state index is 12.3. The van der Waals surface area contributed by atoms with E-state index in [-0.39, 0.29) is 18.2 Å². The molecule has 9 nitrogen and oxygen atoms in total. The summed E-state index contributed by atoms with van der Waals surface area (Å²) >= 11 is 0. The molecule has 26 heavy (non-hydrogen) atoms. The predicted octanol–water partition coefficient (Wildman–Crippen LogP) is 2.56. The lowest BCUT2D eigenvalue weighted by atomic mass is 9.76. The lowest BCUT2D eigenvalue weighted by Gasteiger charge is -2.39. The van der Waals surface area contributed by atoms with Crippen LogP contribution in [0, 0.1) is 6.92 Å². The minimum Gasteiger partial charge on any atom is -0.368 e. The van der Waals surface area contributed by atoms with Gasteiger partial charge in [0.2, 0.25) is 5.89 Å². The van der Waals surface area contributed by atoms with Gasteiger partial charge in [0.05, 0.1) is 12.1 Å². The van der Waals surface area contributed by atoms with E-state index in [4.69, 9.17) is 13.8 Å². The van der Waals surface area contributed by atoms with Crippen molar-refractivity contribution in [2.24, 2.45) is 0 Å². The molecular weight excluding hydrogens is 338 g/mol. The highest BCUT2D eigenvalue weighted by Gasteiger charge is 2.44. The number of ether oxygens (including phenoxy) is 1. The van der Waals surface area contributed by atoms with Crippen LogP contribution in [0.3, 0.4) is 0 Å². The first-order valence-corrected chi connectivity index (χ1v) is 8.71. The molecule has 0 saturated heterocycles. The lowest BCUT2D eigenvalue weighted by Crippen LogP contribution is -2.54. The van der Waals surface area contributed by atoms with E-state index in [0.717, 1.165) is 19.3 Å². The van der Waals surface area contributed by atoms with Crippen LogP contribution < -0.4 is 10.6 Å². The van der Waals surface area contributed by atoms with Gasteiger partial charge < -0.3 is 24.4 Å². The Balaban J connectivity index is 1.50. The third kappa shape index (κ3) is 4.40. The minimum absolute atomic E-state index is 0.254. The molecule has 2 N–H and O–H groups in total. The number of hydrogen-bond acceptors (Lipinski definition) is 7. The van der Waals surface area contributed by atoms with Gasteiger partial charge in [-0.3, -0.25) is 0 Å². The van der Waals surface area contributed by atoms with Gasteiger partial charge in [-0.05, 0) is 40.0 Å². The van der Waals surface area contributed by atoms with Gasteiger partial charge in [-0.1, -0.05) is 10.3 Å². The van der Waals surface area contributed by atoms with E-state index in [1.165, 1.54) is 0 Å². The highest BCUT2D eigenvalue weighted by Crippen LogP contribution is 2.39. The Morgan fingerprint density at radius 3 is 2.65 bits per heavy atom. The van der Waals surface area contributed by atoms with Crippen molar-refractivity contribution < 1.29 is 18.6 Å². The van der Waals surface area contributed by atoms with Crippen molar-refractivity contribution in [2.75, 3.05) is 0 Å². The second kappa shape index (κ2) is 7.06. The first-order chi connectivity index (χ1) is 12.3. The second-order valence-corrected chi connectivity index (χ2v) is 7.57. The molecule has 0 atom stereocenters. The van der Waals surface area contributed by atoms with Gasteiger partial charge >= 0.3 is 6.03 Å². The maximum Gasteiger partial charge on any atom is 0.315 e. The zero-order valence-electron chi connectivity index (χ0n) is 15.6. The lowest BCUT2D eigenvalue weighted by molar-refractivity contribution is -0.0241. The maximum atomic E-state index is 12.3. The Hall–Kier alpha value is -2.42. The van der Waals surface area contributed by atoms with Crippen LogP contribution in [-0.2, 0) is 23.4 Å². The Morgan fingerprint density at radius 1 is 1.31 bits per heavy atom. The number of urea groups is 1. The molecule has 2 aromatic rings. The molecule has 1 aliphatic rings. The van der Waals surface area contributed by atoms with Crippen LogP contribution >= 0.6 is 0 Å². The summed E-state index contributed by atoms with van der Waals surface area (Å²) in [5.74, 6) is 1.63. The summed E-state index contributed by atoms with van der Waals surface area (Å²) in [4.78, 5) is 16.5. The summed E-state index contributed by atoms with van der Waals surface area (Å²) in [6, 6.07) is 1.47. The van der Waals surface area contributed by atoms with Crippen LogP contribution in [0.4, 0.5) is 4.79 Å². The zero-order valence-corrected chi connectivity index (χ0v) is 15.6. The summed E-state index contributed by atoms with van der Waals surface area (Å²) in [5, 5.41) is 13.6. The van der Waals surface area contributed by atoms with Gasteiger partial charge in [-0.15, -0.1) is 0 Å². The molecule has 142 valence electrons. The molecule has 3 rings (SSSR count). The molecular formula is C17H25N5O4. The van der Waals surface area contributed by atoms with E-state index in [0.29, 0.717) is 29.8 Å². The van der Waals surface area contributed by atoms with E-state index in [9.17, 15) is 4.79 Å². The van der Waals surface area contributed by atoms with Crippen molar-refractivity contribution >= 4 is 6.03 Å². The van der Waals surface area contributed by atoms with Crippen LogP contribution in [0.2, 0.25) is 0 Å². The average Bonchev–Trinajstić information content (AvgIpc) is 3.15. The number of hydrogen-bond donors (Lipinski definition) is 2. The van der Waals surface area contributed by atoms with Crippen LogP contribution in [0.5, 0.6) is 0 Å². The van der Waals surface area contributed by atoms with Crippen LogP contribution in [0.15, 0.2) is 15.1 Å². The Bertz CT molecular complexity index is 757. The quantitative estimate of drug-likeness (QED) is 0.810. The highest BCUT2D eigenvalue weighted by atomic mass is 16.5. The SMILES string of the molecule is Cc1nc(C2(NC(=O)NCc3cc(COC(C)(C)C)on3)CCC2)no1. The molecule has 2 amide bonds. The van der Waals surface area contributed by atoms with Gasteiger partial charge in [0.1, 0.15) is 17.8 Å². The van der Waals surface area contributed by atoms with Crippen LogP contribution in [-0.4, -0.2) is 26.9 Å². The van der Waals surface area contributed by atoms with E-state index in [1.807, 2.05) is 20.8 Å². The van der Waals surface area contributed by atoms with Crippen molar-refractivity contribution in [1.29, 1.82) is 0 Å². The van der Waals surface area contributed by atoms with E-state index in [2.05, 4.69) is 25.9 Å². The second-order valence-electron chi connectivity index (χ2n) is 7.57. The van der Waals surface area contributed by atoms with E-state index >= 15 is 0 Å². The molecule has 2 aromatic heterocycles. The van der Waals surface area contributed by atoms with Crippen molar-refractivity contribution in [3.05, 3.63) is 29.2 Å². The molecule has 0 bridgehead atoms. The van der Waals surface area contributed by atoms with E-state index in [1.54, 1.807) is 13.0 Å². The number of carbonyl (C=O) groups is 1. The third-order valence-corrected chi connectivity index (χ3v) is 4.20. The fourth-order valence-corrected chi connectivity index (χ4v) is 2.66. The Labute approximate surface area is 151 Å². The molecule has 1 fully saturated rings. The molecule has 0 spiro atoms. The molecule has 1 aliphatic carbocycles. The number of amides is 2. The monoisotopic (exact) mass is 363 g/mol. The van der Waals surface area contributed by atoms with Crippen molar-refractivity contribution in [2.45, 2.75) is 71.2 Å². The number of rotatable bonds is 6. The van der Waals surface area contributed by atoms with Gasteiger partial charge in [0, 0.05) is 13.0 Å². The summed E-state index contributed by atoms with van der Waals surface area (Å²) < 4.78 is 15.9. The first kappa shape index (κ1) is 18.4. The molecule has 0 unspecified atom stereocenters. The summed E-state index contributed by atoms with van der Waals surface area (Å²) in [7, 11) is 0. The normalized spacial score (nSPS) is 16.2. The topological polar surface area (TPSA) is 115 Å². The van der Waals surface area contributed by atoms with Crippen LogP contribution in [0.1, 0.15) is 63.2 Å². The van der Waals surface area contributed by atoms with E-state index < -0.39 is 5.54 Å². The minimum atomic E-state index is -0.544. The molecule has 0 aromatic carbocycles. The van der Waals surface area contributed by atoms with Gasteiger partial charge in [0.25, 0.3) is 0 Å². The molecule has 9 heteroatoms. The smallest absolute Gasteiger partial charge is 0.315 e. The fraction of sp³-hybridized carbons (Fsp3) is 0.647. The summed E-state index contributed by atoms with van der Waals surface area (Å²) in [6.07, 6.45) is 2.59. The summed E-state index contributed by atoms with van der Waals surface area (Å²) in [5.41, 5.74) is -0.168. The van der Waals surface area contributed by atoms with Crippen molar-refractivity contribution in [3.63, 3.8) is 0 Å². The molecule has 2 heterocycles. The first-order valence-electron chi connectivity index (χ1n) is 8.71. The predicted molar refractivity (Wildman–Crippen MR) is 91.0 cm³/mol. The summed E-state index contributed by atoms with van der Waals surface area (Å²) in [6.45, 7) is 8.23. The fourth-order valence-electron chi connectivity index (χ4n) is 2.66. The average molecular weight is 363 g/mol. The Kier molecular flexibility index (Phi) is 4.99. The third-order valence-electron chi connectivity index (χ3n) is 4.20. The number of aryl methyl sites for hydroxylation is 1. The molecule has 0 aliphatic heterocycles. The standard InChI is InChI=1S/C17H25N5O4/c1-11-19-14(22-25-11)17(6-5-7-17)20-15(23)18-9-12-8-13(26-21-12)10-24-16(2,3)4/h8H,5-7,9-10H2,1-4H3,(H2,18,20,23). The van der Waals surface area contributed by atoms with Crippen molar-refractivity contribution in [1.82, 2.24) is 25.9 Å². The number of aromatic nitrogens is 3. The van der Waals surface area contributed by atoms with Crippen molar-refractivity contribution in [3.8, 4) is 0 Å². The molecule has 0 radical (unpaired) electrons. The number of nitrogens with zero attached hydrogens (tertiary/aromatic N) is 3.